The fraction of sp³-hybridized carbons (Fsp3) is 0.636. The van der Waals surface area contributed by atoms with Crippen molar-refractivity contribution in [1.29, 1.82) is 0 Å². The van der Waals surface area contributed by atoms with E-state index in [1.54, 1.807) is 6.07 Å². The number of hydrogen-bond acceptors (Lipinski definition) is 5. The lowest BCUT2D eigenvalue weighted by atomic mass is 9.96. The minimum atomic E-state index is -0.145. The van der Waals surface area contributed by atoms with Gasteiger partial charge in [-0.3, -0.25) is 14.7 Å². The van der Waals surface area contributed by atoms with E-state index in [-0.39, 0.29) is 17.9 Å². The van der Waals surface area contributed by atoms with E-state index in [0.29, 0.717) is 17.5 Å². The Bertz CT molecular complexity index is 839. The van der Waals surface area contributed by atoms with E-state index in [2.05, 4.69) is 32.9 Å². The second kappa shape index (κ2) is 9.91. The predicted molar refractivity (Wildman–Crippen MR) is 114 cm³/mol. The van der Waals surface area contributed by atoms with Gasteiger partial charge in [-0.2, -0.15) is 5.10 Å². The van der Waals surface area contributed by atoms with Crippen LogP contribution in [0.2, 0.25) is 0 Å². The molecule has 8 heteroatoms. The van der Waals surface area contributed by atoms with Gasteiger partial charge < -0.3 is 15.2 Å². The molecule has 2 fully saturated rings. The van der Waals surface area contributed by atoms with Crippen LogP contribution < -0.4 is 10.6 Å². The van der Waals surface area contributed by atoms with Crippen LogP contribution in [-0.2, 0) is 16.0 Å². The number of H-pyrrole nitrogens is 1. The van der Waals surface area contributed by atoms with Crippen molar-refractivity contribution in [3.05, 3.63) is 29.3 Å². The zero-order valence-electron chi connectivity index (χ0n) is 18.2. The zero-order chi connectivity index (χ0) is 21.6. The van der Waals surface area contributed by atoms with Gasteiger partial charge in [0.1, 0.15) is 5.76 Å². The van der Waals surface area contributed by atoms with E-state index >= 15 is 0 Å². The Labute approximate surface area is 177 Å². The maximum Gasteiger partial charge on any atom is 0.233 e. The van der Waals surface area contributed by atoms with Crippen LogP contribution in [0.3, 0.4) is 0 Å². The first-order chi connectivity index (χ1) is 14.4. The number of hydrogen-bond donors (Lipinski definition) is 3. The van der Waals surface area contributed by atoms with Crippen molar-refractivity contribution in [2.24, 2.45) is 5.92 Å². The first-order valence-corrected chi connectivity index (χ1v) is 10.9. The molecule has 2 saturated carbocycles. The fourth-order valence-electron chi connectivity index (χ4n) is 3.73. The minimum Gasteiger partial charge on any atom is -0.361 e. The third-order valence-corrected chi connectivity index (χ3v) is 5.98. The highest BCUT2D eigenvalue weighted by molar-refractivity contribution is 5.91. The van der Waals surface area contributed by atoms with Gasteiger partial charge >= 0.3 is 0 Å². The van der Waals surface area contributed by atoms with E-state index in [9.17, 15) is 9.59 Å². The highest BCUT2D eigenvalue weighted by atomic mass is 16.5. The first-order valence-electron chi connectivity index (χ1n) is 10.9. The number of aromatic nitrogens is 3. The third-order valence-electron chi connectivity index (χ3n) is 5.98. The molecule has 8 nitrogen and oxygen atoms in total. The van der Waals surface area contributed by atoms with Crippen molar-refractivity contribution >= 4 is 18.1 Å². The van der Waals surface area contributed by atoms with Crippen molar-refractivity contribution in [1.82, 2.24) is 20.7 Å². The average Bonchev–Trinajstić information content (AvgIpc) is 3.11. The molecule has 0 radical (unpaired) electrons. The number of nitrogens with zero attached hydrogens (tertiary/aromatic N) is 2. The molecule has 2 aliphatic rings. The quantitative estimate of drug-likeness (QED) is 0.490. The lowest BCUT2D eigenvalue weighted by molar-refractivity contribution is -0.116. The van der Waals surface area contributed by atoms with Crippen molar-refractivity contribution < 1.29 is 14.1 Å². The Hall–Kier alpha value is -2.64. The molecule has 2 aliphatic carbocycles. The van der Waals surface area contributed by atoms with Crippen LogP contribution >= 0.6 is 0 Å². The van der Waals surface area contributed by atoms with Gasteiger partial charge in [0.25, 0.3) is 0 Å². The molecule has 2 atom stereocenters. The van der Waals surface area contributed by atoms with Crippen molar-refractivity contribution in [2.45, 2.75) is 83.6 Å². The molecular weight excluding hydrogens is 382 g/mol. The molecule has 2 aromatic rings. The van der Waals surface area contributed by atoms with Crippen LogP contribution in [-0.4, -0.2) is 33.2 Å². The third kappa shape index (κ3) is 6.71. The second-order valence-electron chi connectivity index (χ2n) is 9.00. The molecule has 164 valence electrons. The normalized spacial score (nSPS) is 22.2. The maximum absolute atomic E-state index is 12.0. The summed E-state index contributed by atoms with van der Waals surface area (Å²) in [7, 11) is 0. The van der Waals surface area contributed by atoms with E-state index in [1.165, 1.54) is 32.1 Å². The van der Waals surface area contributed by atoms with Gasteiger partial charge in [0.05, 0.1) is 12.1 Å². The molecule has 30 heavy (non-hydrogen) atoms. The largest absolute Gasteiger partial charge is 0.361 e. The number of nitrogens with one attached hydrogen (secondary N) is 3. The second-order valence-corrected chi connectivity index (χ2v) is 9.00. The minimum absolute atomic E-state index is 0.145. The van der Waals surface area contributed by atoms with Gasteiger partial charge in [0.2, 0.25) is 12.3 Å². The molecule has 0 bridgehead atoms. The monoisotopic (exact) mass is 415 g/mol. The molecular formula is C22H33N5O3. The topological polar surface area (TPSA) is 113 Å². The van der Waals surface area contributed by atoms with Gasteiger partial charge in [-0.15, -0.1) is 0 Å². The summed E-state index contributed by atoms with van der Waals surface area (Å²) in [6, 6.07) is 3.73. The summed E-state index contributed by atoms with van der Waals surface area (Å²) in [6.07, 6.45) is 9.44. The van der Waals surface area contributed by atoms with Gasteiger partial charge in [-0.05, 0) is 45.4 Å². The number of anilines is 1. The van der Waals surface area contributed by atoms with Gasteiger partial charge in [0.15, 0.2) is 5.82 Å². The summed E-state index contributed by atoms with van der Waals surface area (Å²) in [5, 5.41) is 16.6. The molecule has 0 saturated heterocycles. The van der Waals surface area contributed by atoms with Crippen molar-refractivity contribution in [3.63, 3.8) is 0 Å². The summed E-state index contributed by atoms with van der Waals surface area (Å²) in [5.74, 6) is 2.34. The molecule has 0 spiro atoms. The fourth-order valence-corrected chi connectivity index (χ4v) is 3.73. The van der Waals surface area contributed by atoms with Crippen LogP contribution in [0.15, 0.2) is 16.7 Å². The van der Waals surface area contributed by atoms with Crippen LogP contribution in [0.25, 0.3) is 0 Å². The standard InChI is InChI=1S/C17H24N4O2.C5H9NO/c1-11-4-3-5-13(7-6-11)15-10-16(20-19-15)18-17(22)9-14-8-12(2)21-23-14;1-5(2-3-5)6-4-7/h8,10-11,13H,3-7,9H2,1-2H3,(H2,18,19,20,22);4H,2-3H2,1H3,(H,6,7)/t11-,13+;/m1./s1. The maximum atomic E-state index is 12.0. The molecule has 0 unspecified atom stereocenters. The zero-order valence-corrected chi connectivity index (χ0v) is 18.2. The summed E-state index contributed by atoms with van der Waals surface area (Å²) >= 11 is 0. The van der Waals surface area contributed by atoms with E-state index in [1.807, 2.05) is 19.9 Å². The van der Waals surface area contributed by atoms with Crippen LogP contribution in [0, 0.1) is 12.8 Å². The molecule has 2 amide bonds. The predicted octanol–water partition coefficient (Wildman–Crippen LogP) is 3.86. The van der Waals surface area contributed by atoms with Gasteiger partial charge in [-0.25, -0.2) is 0 Å². The Balaban J connectivity index is 0.000000310. The van der Waals surface area contributed by atoms with Gasteiger partial charge in [-0.1, -0.05) is 31.3 Å². The number of carbonyl (C=O) groups is 2. The first kappa shape index (κ1) is 22.1. The summed E-state index contributed by atoms with van der Waals surface area (Å²) in [4.78, 5) is 21.8. The molecule has 0 aliphatic heterocycles. The molecule has 0 aromatic carbocycles. The smallest absolute Gasteiger partial charge is 0.233 e. The van der Waals surface area contributed by atoms with Crippen LogP contribution in [0.5, 0.6) is 0 Å². The Kier molecular flexibility index (Phi) is 7.29. The number of aryl methyl sites for hydroxylation is 1. The number of aromatic amines is 1. The molecule has 2 heterocycles. The SMILES string of the molecule is CC1(NC=O)CC1.Cc1cc(CC(=O)Nc2cc([C@H]3CCC[C@@H](C)CC3)[nH]n2)on1. The molecule has 3 N–H and O–H groups in total. The van der Waals surface area contributed by atoms with Crippen LogP contribution in [0.4, 0.5) is 5.82 Å². The average molecular weight is 416 g/mol. The number of amides is 2. The summed E-state index contributed by atoms with van der Waals surface area (Å²) < 4.78 is 5.06. The van der Waals surface area contributed by atoms with E-state index < -0.39 is 0 Å². The van der Waals surface area contributed by atoms with Gasteiger partial charge in [0, 0.05) is 29.3 Å². The van der Waals surface area contributed by atoms with Crippen molar-refractivity contribution in [3.8, 4) is 0 Å². The molecule has 2 aromatic heterocycles. The lowest BCUT2D eigenvalue weighted by Gasteiger charge is -2.11. The Morgan fingerprint density at radius 2 is 2.10 bits per heavy atom. The summed E-state index contributed by atoms with van der Waals surface area (Å²) in [6.45, 7) is 6.20. The van der Waals surface area contributed by atoms with E-state index in [4.69, 9.17) is 4.52 Å². The highest BCUT2D eigenvalue weighted by Gasteiger charge is 2.36. The Morgan fingerprint density at radius 1 is 1.30 bits per heavy atom. The highest BCUT2D eigenvalue weighted by Crippen LogP contribution is 2.34. The molecule has 4 rings (SSSR count). The number of carbonyl (C=O) groups excluding carboxylic acids is 2. The number of rotatable bonds is 6. The summed E-state index contributed by atoms with van der Waals surface area (Å²) in [5.41, 5.74) is 2.09. The van der Waals surface area contributed by atoms with Crippen LogP contribution in [0.1, 0.15) is 81.9 Å². The lowest BCUT2D eigenvalue weighted by Crippen LogP contribution is -2.25. The van der Waals surface area contributed by atoms with Crippen molar-refractivity contribution in [2.75, 3.05) is 5.32 Å². The Morgan fingerprint density at radius 3 is 2.73 bits per heavy atom. The van der Waals surface area contributed by atoms with E-state index in [0.717, 1.165) is 36.6 Å².